The average Bonchev–Trinajstić information content (AvgIpc) is 2.81. The van der Waals surface area contributed by atoms with Crippen molar-refractivity contribution in [2.24, 2.45) is 0 Å². The summed E-state index contributed by atoms with van der Waals surface area (Å²) in [7, 11) is 0. The highest BCUT2D eigenvalue weighted by Gasteiger charge is 2.48. The quantitative estimate of drug-likeness (QED) is 0.861. The smallest absolute Gasteiger partial charge is 0.325 e. The lowest BCUT2D eigenvalue weighted by atomic mass is 9.92. The van der Waals surface area contributed by atoms with Gasteiger partial charge in [0.15, 0.2) is 0 Å². The minimum atomic E-state index is -1.03. The Balaban J connectivity index is 1.68. The molecular weight excluding hydrogens is 304 g/mol. The summed E-state index contributed by atoms with van der Waals surface area (Å²) in [6.07, 6.45) is 0. The van der Waals surface area contributed by atoms with Gasteiger partial charge in [0.1, 0.15) is 17.9 Å². The van der Waals surface area contributed by atoms with Crippen LogP contribution in [0.2, 0.25) is 0 Å². The summed E-state index contributed by atoms with van der Waals surface area (Å²) in [5, 5.41) is 2.79. The molecule has 1 saturated heterocycles. The molecule has 0 spiro atoms. The van der Waals surface area contributed by atoms with E-state index in [2.05, 4.69) is 5.32 Å². The molecule has 1 atom stereocenters. The molecule has 0 saturated carbocycles. The molecular formula is C19H20N2O3. The first-order valence-corrected chi connectivity index (χ1v) is 7.90. The minimum absolute atomic E-state index is 0.210. The highest BCUT2D eigenvalue weighted by atomic mass is 16.5. The van der Waals surface area contributed by atoms with E-state index in [0.29, 0.717) is 0 Å². The van der Waals surface area contributed by atoms with E-state index < -0.39 is 5.54 Å². The zero-order chi connectivity index (χ0) is 17.2. The molecule has 3 rings (SSSR count). The molecule has 1 aliphatic heterocycles. The van der Waals surface area contributed by atoms with Crippen molar-refractivity contribution in [1.29, 1.82) is 0 Å². The van der Waals surface area contributed by atoms with Crippen LogP contribution in [0.25, 0.3) is 0 Å². The van der Waals surface area contributed by atoms with Crippen molar-refractivity contribution in [2.75, 3.05) is 13.2 Å². The molecule has 1 aliphatic rings. The highest BCUT2D eigenvalue weighted by Crippen LogP contribution is 2.28. The van der Waals surface area contributed by atoms with Gasteiger partial charge in [-0.15, -0.1) is 0 Å². The number of hydrogen-bond acceptors (Lipinski definition) is 3. The molecule has 0 radical (unpaired) electrons. The largest absolute Gasteiger partial charge is 0.491 e. The van der Waals surface area contributed by atoms with Crippen LogP contribution in [0.5, 0.6) is 5.75 Å². The number of benzene rings is 2. The number of hydrogen-bond donors (Lipinski definition) is 1. The van der Waals surface area contributed by atoms with Crippen LogP contribution in [0.15, 0.2) is 54.6 Å². The maximum atomic E-state index is 12.7. The maximum absolute atomic E-state index is 12.7. The Labute approximate surface area is 141 Å². The fourth-order valence-corrected chi connectivity index (χ4v) is 2.83. The second-order valence-corrected chi connectivity index (χ2v) is 5.99. The molecule has 2 aromatic carbocycles. The third-order valence-electron chi connectivity index (χ3n) is 4.29. The molecule has 1 N–H and O–H groups in total. The second kappa shape index (κ2) is 6.35. The summed E-state index contributed by atoms with van der Waals surface area (Å²) in [5.41, 5.74) is 0.760. The molecule has 5 nitrogen and oxygen atoms in total. The highest BCUT2D eigenvalue weighted by molar-refractivity contribution is 6.07. The summed E-state index contributed by atoms with van der Waals surface area (Å²) < 4.78 is 5.70. The zero-order valence-electron chi connectivity index (χ0n) is 13.8. The first-order chi connectivity index (χ1) is 11.5. The summed E-state index contributed by atoms with van der Waals surface area (Å²) in [6, 6.07) is 16.5. The van der Waals surface area contributed by atoms with Gasteiger partial charge in [-0.2, -0.15) is 0 Å². The van der Waals surface area contributed by atoms with Crippen molar-refractivity contribution < 1.29 is 14.3 Å². The number of aryl methyl sites for hydroxylation is 1. The fourth-order valence-electron chi connectivity index (χ4n) is 2.83. The van der Waals surface area contributed by atoms with Crippen molar-refractivity contribution in [1.82, 2.24) is 10.2 Å². The van der Waals surface area contributed by atoms with E-state index in [-0.39, 0.29) is 25.1 Å². The number of imide groups is 1. The molecule has 5 heteroatoms. The van der Waals surface area contributed by atoms with Crippen LogP contribution in [0.1, 0.15) is 18.1 Å². The second-order valence-electron chi connectivity index (χ2n) is 5.99. The molecule has 124 valence electrons. The van der Waals surface area contributed by atoms with Crippen molar-refractivity contribution in [3.8, 4) is 5.75 Å². The molecule has 2 aromatic rings. The van der Waals surface area contributed by atoms with E-state index in [4.69, 9.17) is 4.74 Å². The van der Waals surface area contributed by atoms with Gasteiger partial charge in [0, 0.05) is 0 Å². The number of carbonyl (C=O) groups is 2. The monoisotopic (exact) mass is 324 g/mol. The summed E-state index contributed by atoms with van der Waals surface area (Å²) in [5.74, 6) is 0.502. The maximum Gasteiger partial charge on any atom is 0.325 e. The normalized spacial score (nSPS) is 20.2. The minimum Gasteiger partial charge on any atom is -0.491 e. The van der Waals surface area contributed by atoms with E-state index in [1.807, 2.05) is 61.5 Å². The van der Waals surface area contributed by atoms with E-state index in [1.54, 1.807) is 6.92 Å². The summed E-state index contributed by atoms with van der Waals surface area (Å²) in [6.45, 7) is 4.15. The predicted molar refractivity (Wildman–Crippen MR) is 90.7 cm³/mol. The molecule has 1 heterocycles. The van der Waals surface area contributed by atoms with Crippen molar-refractivity contribution >= 4 is 11.9 Å². The number of nitrogens with zero attached hydrogens (tertiary/aromatic N) is 1. The van der Waals surface area contributed by atoms with Crippen LogP contribution < -0.4 is 10.1 Å². The van der Waals surface area contributed by atoms with Crippen molar-refractivity contribution in [3.63, 3.8) is 0 Å². The topological polar surface area (TPSA) is 58.6 Å². The molecule has 3 amide bonds. The van der Waals surface area contributed by atoms with Gasteiger partial charge in [-0.05, 0) is 31.0 Å². The number of rotatable bonds is 5. The van der Waals surface area contributed by atoms with E-state index in [0.717, 1.165) is 16.9 Å². The van der Waals surface area contributed by atoms with Crippen LogP contribution in [0, 0.1) is 6.92 Å². The average molecular weight is 324 g/mol. The zero-order valence-corrected chi connectivity index (χ0v) is 13.8. The van der Waals surface area contributed by atoms with Crippen LogP contribution in [-0.4, -0.2) is 30.0 Å². The number of carbonyl (C=O) groups excluding carboxylic acids is 2. The third kappa shape index (κ3) is 2.85. The summed E-state index contributed by atoms with van der Waals surface area (Å²) >= 11 is 0. The number of para-hydroxylation sites is 1. The predicted octanol–water partition coefficient (Wildman–Crippen LogP) is 2.84. The lowest BCUT2D eigenvalue weighted by molar-refractivity contribution is -0.131. The Bertz CT molecular complexity index is 760. The molecule has 24 heavy (non-hydrogen) atoms. The molecule has 0 bridgehead atoms. The standard InChI is InChI=1S/C19H20N2O3/c1-14-8-6-7-11-16(14)24-13-12-21-17(22)19(2,20-18(21)23)15-9-4-3-5-10-15/h3-11H,12-13H2,1-2H3,(H,20,23)/t19-/m0/s1. The molecule has 1 fully saturated rings. The van der Waals surface area contributed by atoms with Crippen LogP contribution in [0.4, 0.5) is 4.79 Å². The Morgan fingerprint density at radius 1 is 1.04 bits per heavy atom. The Hall–Kier alpha value is -2.82. The van der Waals surface area contributed by atoms with Gasteiger partial charge in [-0.3, -0.25) is 9.69 Å². The number of ether oxygens (including phenoxy) is 1. The van der Waals surface area contributed by atoms with Gasteiger partial charge >= 0.3 is 6.03 Å². The van der Waals surface area contributed by atoms with Gasteiger partial charge in [0.25, 0.3) is 5.91 Å². The Kier molecular flexibility index (Phi) is 4.25. The first kappa shape index (κ1) is 16.1. The Morgan fingerprint density at radius 3 is 2.42 bits per heavy atom. The van der Waals surface area contributed by atoms with Gasteiger partial charge in [-0.1, -0.05) is 48.5 Å². The lowest BCUT2D eigenvalue weighted by Crippen LogP contribution is -2.41. The number of urea groups is 1. The van der Waals surface area contributed by atoms with E-state index >= 15 is 0 Å². The van der Waals surface area contributed by atoms with Crippen LogP contribution in [0.3, 0.4) is 0 Å². The third-order valence-corrected chi connectivity index (χ3v) is 4.29. The van der Waals surface area contributed by atoms with E-state index in [1.165, 1.54) is 4.90 Å². The molecule has 0 unspecified atom stereocenters. The lowest BCUT2D eigenvalue weighted by Gasteiger charge is -2.22. The number of nitrogens with one attached hydrogen (secondary N) is 1. The van der Waals surface area contributed by atoms with Gasteiger partial charge < -0.3 is 10.1 Å². The van der Waals surface area contributed by atoms with Crippen LogP contribution >= 0.6 is 0 Å². The van der Waals surface area contributed by atoms with Gasteiger partial charge in [0.2, 0.25) is 0 Å². The first-order valence-electron chi connectivity index (χ1n) is 7.90. The Morgan fingerprint density at radius 2 is 1.71 bits per heavy atom. The summed E-state index contributed by atoms with van der Waals surface area (Å²) in [4.78, 5) is 26.2. The number of amides is 3. The van der Waals surface area contributed by atoms with Gasteiger partial charge in [-0.25, -0.2) is 4.79 Å². The van der Waals surface area contributed by atoms with E-state index in [9.17, 15) is 9.59 Å². The van der Waals surface area contributed by atoms with Gasteiger partial charge in [0.05, 0.1) is 6.54 Å². The van der Waals surface area contributed by atoms with Crippen molar-refractivity contribution in [2.45, 2.75) is 19.4 Å². The van der Waals surface area contributed by atoms with Crippen molar-refractivity contribution in [3.05, 3.63) is 65.7 Å². The fraction of sp³-hybridized carbons (Fsp3) is 0.263. The van der Waals surface area contributed by atoms with Crippen LogP contribution in [-0.2, 0) is 10.3 Å². The SMILES string of the molecule is Cc1ccccc1OCCN1C(=O)N[C@@](C)(c2ccccc2)C1=O. The molecule has 0 aliphatic carbocycles. The molecule has 0 aromatic heterocycles.